The van der Waals surface area contributed by atoms with Crippen molar-refractivity contribution in [3.05, 3.63) is 35.5 Å². The van der Waals surface area contributed by atoms with Crippen LogP contribution >= 0.6 is 0 Å². The maximum absolute atomic E-state index is 12.8. The van der Waals surface area contributed by atoms with Gasteiger partial charge in [0.25, 0.3) is 0 Å². The number of esters is 1. The van der Waals surface area contributed by atoms with Gasteiger partial charge < -0.3 is 13.9 Å². The van der Waals surface area contributed by atoms with Gasteiger partial charge in [0.2, 0.25) is 5.90 Å². The number of nitrogens with one attached hydrogen (secondary N) is 1. The van der Waals surface area contributed by atoms with Gasteiger partial charge in [-0.1, -0.05) is 32.6 Å². The predicted molar refractivity (Wildman–Crippen MR) is 99.4 cm³/mol. The van der Waals surface area contributed by atoms with Gasteiger partial charge in [0, 0.05) is 18.4 Å². The normalized spacial score (nSPS) is 22.4. The van der Waals surface area contributed by atoms with Gasteiger partial charge in [-0.2, -0.15) is 0 Å². The average molecular weight is 373 g/mol. The highest BCUT2D eigenvalue weighted by Crippen LogP contribution is 2.44. The Balaban J connectivity index is 1.76. The first-order chi connectivity index (χ1) is 13.1. The van der Waals surface area contributed by atoms with Gasteiger partial charge in [0.1, 0.15) is 17.4 Å². The Morgan fingerprint density at radius 3 is 2.81 bits per heavy atom. The van der Waals surface area contributed by atoms with E-state index in [1.165, 1.54) is 12.7 Å². The molecule has 2 heterocycles. The molecule has 1 N–H and O–H groups in total. The van der Waals surface area contributed by atoms with Crippen molar-refractivity contribution in [2.24, 2.45) is 5.92 Å². The van der Waals surface area contributed by atoms with E-state index < -0.39 is 17.8 Å². The first-order valence-corrected chi connectivity index (χ1v) is 9.86. The SMILES string of the molecule is CCCCCCCOC(=O)C1C(=N)OC2=C(C(=O)CCC2)C1c1ccco1. The van der Waals surface area contributed by atoms with Crippen LogP contribution in [-0.2, 0) is 19.1 Å². The van der Waals surface area contributed by atoms with E-state index in [1.54, 1.807) is 12.1 Å². The molecular weight excluding hydrogens is 346 g/mol. The molecule has 27 heavy (non-hydrogen) atoms. The van der Waals surface area contributed by atoms with E-state index in [2.05, 4.69) is 6.92 Å². The number of hydrogen-bond acceptors (Lipinski definition) is 6. The van der Waals surface area contributed by atoms with Crippen molar-refractivity contribution in [1.82, 2.24) is 0 Å². The number of Topliss-reactive ketones (excluding diaryl/α,β-unsaturated/α-hetero) is 1. The quantitative estimate of drug-likeness (QED) is 0.535. The Morgan fingerprint density at radius 2 is 2.07 bits per heavy atom. The number of rotatable bonds is 8. The molecule has 0 fully saturated rings. The van der Waals surface area contributed by atoms with Crippen molar-refractivity contribution in [2.45, 2.75) is 64.2 Å². The van der Waals surface area contributed by atoms with Crippen LogP contribution in [-0.4, -0.2) is 24.3 Å². The molecule has 6 nitrogen and oxygen atoms in total. The fourth-order valence-corrected chi connectivity index (χ4v) is 3.79. The molecule has 6 heteroatoms. The lowest BCUT2D eigenvalue weighted by molar-refractivity contribution is -0.147. The molecule has 1 aromatic rings. The van der Waals surface area contributed by atoms with Crippen molar-refractivity contribution in [2.75, 3.05) is 6.61 Å². The van der Waals surface area contributed by atoms with E-state index in [-0.39, 0.29) is 11.7 Å². The highest BCUT2D eigenvalue weighted by Gasteiger charge is 2.47. The van der Waals surface area contributed by atoms with E-state index in [0.29, 0.717) is 43.0 Å². The Hall–Kier alpha value is -2.37. The van der Waals surface area contributed by atoms with Gasteiger partial charge in [-0.05, 0) is 25.0 Å². The summed E-state index contributed by atoms with van der Waals surface area (Å²) in [7, 11) is 0. The first-order valence-electron chi connectivity index (χ1n) is 9.86. The Kier molecular flexibility index (Phi) is 6.48. The van der Waals surface area contributed by atoms with Crippen LogP contribution in [0.5, 0.6) is 0 Å². The molecule has 2 unspecified atom stereocenters. The predicted octanol–water partition coefficient (Wildman–Crippen LogP) is 4.51. The third-order valence-corrected chi connectivity index (χ3v) is 5.16. The van der Waals surface area contributed by atoms with E-state index in [4.69, 9.17) is 19.3 Å². The van der Waals surface area contributed by atoms with E-state index >= 15 is 0 Å². The third kappa shape index (κ3) is 4.31. The molecule has 0 saturated carbocycles. The number of allylic oxidation sites excluding steroid dienone is 2. The number of hydrogen-bond donors (Lipinski definition) is 1. The van der Waals surface area contributed by atoms with Crippen LogP contribution in [0.3, 0.4) is 0 Å². The zero-order chi connectivity index (χ0) is 19.2. The monoisotopic (exact) mass is 373 g/mol. The molecule has 1 aliphatic carbocycles. The lowest BCUT2D eigenvalue weighted by atomic mass is 9.76. The van der Waals surface area contributed by atoms with Crippen molar-refractivity contribution >= 4 is 17.7 Å². The maximum Gasteiger partial charge on any atom is 0.319 e. The molecule has 0 amide bonds. The molecule has 1 aliphatic heterocycles. The van der Waals surface area contributed by atoms with Crippen LogP contribution in [0, 0.1) is 11.3 Å². The largest absolute Gasteiger partial charge is 0.469 e. The van der Waals surface area contributed by atoms with Gasteiger partial charge in [0.05, 0.1) is 18.8 Å². The summed E-state index contributed by atoms with van der Waals surface area (Å²) in [6.07, 6.45) is 8.49. The summed E-state index contributed by atoms with van der Waals surface area (Å²) < 4.78 is 16.5. The summed E-state index contributed by atoms with van der Waals surface area (Å²) in [6.45, 7) is 2.47. The van der Waals surface area contributed by atoms with Gasteiger partial charge in [-0.15, -0.1) is 0 Å². The zero-order valence-corrected chi connectivity index (χ0v) is 15.8. The van der Waals surface area contributed by atoms with E-state index in [1.807, 2.05) is 0 Å². The molecule has 2 aliphatic rings. The molecule has 146 valence electrons. The smallest absolute Gasteiger partial charge is 0.319 e. The second-order valence-corrected chi connectivity index (χ2v) is 7.13. The van der Waals surface area contributed by atoms with Crippen molar-refractivity contribution in [1.29, 1.82) is 5.41 Å². The fourth-order valence-electron chi connectivity index (χ4n) is 3.79. The minimum Gasteiger partial charge on any atom is -0.469 e. The first kappa shape index (κ1) is 19.4. The minimum absolute atomic E-state index is 0.0393. The summed E-state index contributed by atoms with van der Waals surface area (Å²) in [5, 5.41) is 8.26. The summed E-state index contributed by atoms with van der Waals surface area (Å²) >= 11 is 0. The van der Waals surface area contributed by atoms with Crippen LogP contribution in [0.25, 0.3) is 0 Å². The average Bonchev–Trinajstić information content (AvgIpc) is 3.18. The number of unbranched alkanes of at least 4 members (excludes halogenated alkanes) is 4. The Bertz CT molecular complexity index is 719. The molecule has 0 saturated heterocycles. The van der Waals surface area contributed by atoms with Gasteiger partial charge in [0.15, 0.2) is 5.78 Å². The zero-order valence-electron chi connectivity index (χ0n) is 15.8. The fraction of sp³-hybridized carbons (Fsp3) is 0.571. The molecule has 3 rings (SSSR count). The van der Waals surface area contributed by atoms with Gasteiger partial charge in [-0.3, -0.25) is 15.0 Å². The summed E-state index contributed by atoms with van der Waals surface area (Å²) in [5.74, 6) is -1.36. The Labute approximate surface area is 159 Å². The third-order valence-electron chi connectivity index (χ3n) is 5.16. The standard InChI is InChI=1S/C21H27NO5/c1-2-3-4-5-6-12-26-21(24)19-18(15-11-8-13-25-15)17-14(23)9-7-10-16(17)27-20(19)22/h8,11,13,18-19,22H,2-7,9-10,12H2,1H3. The van der Waals surface area contributed by atoms with Gasteiger partial charge >= 0.3 is 5.97 Å². The summed E-state index contributed by atoms with van der Waals surface area (Å²) in [5.41, 5.74) is 0.470. The summed E-state index contributed by atoms with van der Waals surface area (Å²) in [4.78, 5) is 25.3. The minimum atomic E-state index is -0.979. The van der Waals surface area contributed by atoms with Gasteiger partial charge in [-0.25, -0.2) is 0 Å². The van der Waals surface area contributed by atoms with Crippen molar-refractivity contribution < 1.29 is 23.5 Å². The number of carbonyl (C=O) groups is 2. The molecule has 2 atom stereocenters. The van der Waals surface area contributed by atoms with Crippen LogP contribution in [0.4, 0.5) is 0 Å². The van der Waals surface area contributed by atoms with Crippen molar-refractivity contribution in [3.8, 4) is 0 Å². The highest BCUT2D eigenvalue weighted by atomic mass is 16.5. The highest BCUT2D eigenvalue weighted by molar-refractivity contribution is 6.06. The number of ketones is 1. The molecule has 0 radical (unpaired) electrons. The molecule has 0 spiro atoms. The summed E-state index contributed by atoms with van der Waals surface area (Å²) in [6, 6.07) is 3.46. The molecule has 1 aromatic heterocycles. The van der Waals surface area contributed by atoms with E-state index in [0.717, 1.165) is 25.7 Å². The van der Waals surface area contributed by atoms with E-state index in [9.17, 15) is 9.59 Å². The number of furan rings is 1. The second kappa shape index (κ2) is 9.02. The molecule has 0 bridgehead atoms. The van der Waals surface area contributed by atoms with Crippen LogP contribution in [0.15, 0.2) is 34.1 Å². The molecule has 0 aromatic carbocycles. The lowest BCUT2D eigenvalue weighted by Crippen LogP contribution is -2.40. The van der Waals surface area contributed by atoms with Crippen LogP contribution in [0.1, 0.15) is 70.0 Å². The number of ether oxygens (including phenoxy) is 2. The lowest BCUT2D eigenvalue weighted by Gasteiger charge is -2.34. The molecular formula is C21H27NO5. The Morgan fingerprint density at radius 1 is 1.26 bits per heavy atom. The number of carbonyl (C=O) groups excluding carboxylic acids is 2. The van der Waals surface area contributed by atoms with Crippen LogP contribution < -0.4 is 0 Å². The second-order valence-electron chi connectivity index (χ2n) is 7.13. The van der Waals surface area contributed by atoms with Crippen molar-refractivity contribution in [3.63, 3.8) is 0 Å². The van der Waals surface area contributed by atoms with Crippen LogP contribution in [0.2, 0.25) is 0 Å². The topological polar surface area (TPSA) is 89.6 Å². The maximum atomic E-state index is 12.8.